The Labute approximate surface area is 166 Å². The van der Waals surface area contributed by atoms with Gasteiger partial charge >= 0.3 is 0 Å². The van der Waals surface area contributed by atoms with Gasteiger partial charge in [-0.3, -0.25) is 4.31 Å². The average Bonchev–Trinajstić information content (AvgIpc) is 2.73. The monoisotopic (exact) mass is 397 g/mol. The van der Waals surface area contributed by atoms with Gasteiger partial charge in [-0.2, -0.15) is 0 Å². The van der Waals surface area contributed by atoms with Gasteiger partial charge in [0.1, 0.15) is 11.5 Å². The molecule has 6 heteroatoms. The summed E-state index contributed by atoms with van der Waals surface area (Å²) >= 11 is 0. The first kappa shape index (κ1) is 19.8. The van der Waals surface area contributed by atoms with E-state index in [-0.39, 0.29) is 11.4 Å². The third kappa shape index (κ3) is 4.28. The van der Waals surface area contributed by atoms with Gasteiger partial charge < -0.3 is 9.47 Å². The zero-order valence-electron chi connectivity index (χ0n) is 16.1. The Hall–Kier alpha value is -2.99. The molecule has 0 aliphatic carbocycles. The van der Waals surface area contributed by atoms with Crippen LogP contribution in [0.2, 0.25) is 0 Å². The molecule has 0 aliphatic heterocycles. The maximum absolute atomic E-state index is 13.4. The minimum absolute atomic E-state index is 0.197. The van der Waals surface area contributed by atoms with Crippen LogP contribution in [0.5, 0.6) is 11.5 Å². The minimum atomic E-state index is -3.79. The summed E-state index contributed by atoms with van der Waals surface area (Å²) in [6.07, 6.45) is 0. The molecule has 0 unspecified atom stereocenters. The van der Waals surface area contributed by atoms with Crippen LogP contribution < -0.4 is 13.8 Å². The van der Waals surface area contributed by atoms with E-state index in [0.717, 1.165) is 11.1 Å². The summed E-state index contributed by atoms with van der Waals surface area (Å²) in [5.41, 5.74) is 2.55. The molecule has 0 fully saturated rings. The van der Waals surface area contributed by atoms with Gasteiger partial charge in [-0.15, -0.1) is 0 Å². The lowest BCUT2D eigenvalue weighted by atomic mass is 10.1. The Balaban J connectivity index is 2.06. The Bertz CT molecular complexity index is 1030. The van der Waals surface area contributed by atoms with Crippen molar-refractivity contribution < 1.29 is 17.9 Å². The Morgan fingerprint density at radius 3 is 2.07 bits per heavy atom. The zero-order valence-corrected chi connectivity index (χ0v) is 16.9. The molecule has 0 heterocycles. The van der Waals surface area contributed by atoms with Gasteiger partial charge in [0, 0.05) is 6.07 Å². The molecule has 146 valence electrons. The SMILES string of the molecule is COc1ccc(S(=O)(=O)N(Cc2ccc(C)cc2)c2cccc(OC)c2)cc1. The van der Waals surface area contributed by atoms with Crippen molar-refractivity contribution in [3.8, 4) is 11.5 Å². The van der Waals surface area contributed by atoms with Crippen LogP contribution in [-0.4, -0.2) is 22.6 Å². The molecule has 0 aliphatic rings. The first-order valence-corrected chi connectivity index (χ1v) is 10.2. The van der Waals surface area contributed by atoms with Gasteiger partial charge in [0.15, 0.2) is 0 Å². The van der Waals surface area contributed by atoms with Crippen molar-refractivity contribution in [3.63, 3.8) is 0 Å². The molecule has 0 radical (unpaired) electrons. The summed E-state index contributed by atoms with van der Waals surface area (Å²) in [6, 6.07) is 21.2. The van der Waals surface area contributed by atoms with Gasteiger partial charge in [-0.1, -0.05) is 35.9 Å². The van der Waals surface area contributed by atoms with E-state index in [4.69, 9.17) is 9.47 Å². The summed E-state index contributed by atoms with van der Waals surface area (Å²) < 4.78 is 38.7. The van der Waals surface area contributed by atoms with Crippen molar-refractivity contribution in [1.29, 1.82) is 0 Å². The number of hydrogen-bond donors (Lipinski definition) is 0. The molecule has 0 atom stereocenters. The highest BCUT2D eigenvalue weighted by molar-refractivity contribution is 7.92. The van der Waals surface area contributed by atoms with Gasteiger partial charge in [0.05, 0.1) is 31.3 Å². The largest absolute Gasteiger partial charge is 0.497 e. The molecule has 28 heavy (non-hydrogen) atoms. The Kier molecular flexibility index (Phi) is 5.90. The summed E-state index contributed by atoms with van der Waals surface area (Å²) in [5, 5.41) is 0. The number of rotatable bonds is 7. The van der Waals surface area contributed by atoms with E-state index in [1.54, 1.807) is 62.8 Å². The maximum atomic E-state index is 13.4. The highest BCUT2D eigenvalue weighted by Gasteiger charge is 2.25. The van der Waals surface area contributed by atoms with Crippen LogP contribution in [0.1, 0.15) is 11.1 Å². The molecule has 3 rings (SSSR count). The van der Waals surface area contributed by atoms with E-state index in [0.29, 0.717) is 17.2 Å². The number of methoxy groups -OCH3 is 2. The fraction of sp³-hybridized carbons (Fsp3) is 0.182. The van der Waals surface area contributed by atoms with Crippen molar-refractivity contribution in [2.45, 2.75) is 18.4 Å². The minimum Gasteiger partial charge on any atom is -0.497 e. The molecule has 0 spiro atoms. The van der Waals surface area contributed by atoms with Gasteiger partial charge in [-0.05, 0) is 48.9 Å². The van der Waals surface area contributed by atoms with E-state index in [1.807, 2.05) is 31.2 Å². The molecule has 3 aromatic carbocycles. The third-order valence-electron chi connectivity index (χ3n) is 4.44. The number of nitrogens with zero attached hydrogens (tertiary/aromatic N) is 1. The molecular weight excluding hydrogens is 374 g/mol. The fourth-order valence-electron chi connectivity index (χ4n) is 2.81. The maximum Gasteiger partial charge on any atom is 0.264 e. The Morgan fingerprint density at radius 2 is 1.46 bits per heavy atom. The number of hydrogen-bond acceptors (Lipinski definition) is 4. The molecule has 0 aromatic heterocycles. The van der Waals surface area contributed by atoms with E-state index in [1.165, 1.54) is 4.31 Å². The van der Waals surface area contributed by atoms with Crippen LogP contribution in [-0.2, 0) is 16.6 Å². The first-order valence-electron chi connectivity index (χ1n) is 8.80. The number of anilines is 1. The lowest BCUT2D eigenvalue weighted by Crippen LogP contribution is -2.30. The van der Waals surface area contributed by atoms with Crippen molar-refractivity contribution >= 4 is 15.7 Å². The van der Waals surface area contributed by atoms with Gasteiger partial charge in [-0.25, -0.2) is 8.42 Å². The average molecular weight is 397 g/mol. The molecule has 0 N–H and O–H groups in total. The summed E-state index contributed by atoms with van der Waals surface area (Å²) in [6.45, 7) is 2.21. The molecule has 5 nitrogen and oxygen atoms in total. The second kappa shape index (κ2) is 8.35. The number of aryl methyl sites for hydroxylation is 1. The van der Waals surface area contributed by atoms with E-state index < -0.39 is 10.0 Å². The lowest BCUT2D eigenvalue weighted by Gasteiger charge is -2.25. The second-order valence-corrected chi connectivity index (χ2v) is 8.24. The summed E-state index contributed by atoms with van der Waals surface area (Å²) in [7, 11) is -0.688. The number of ether oxygens (including phenoxy) is 2. The third-order valence-corrected chi connectivity index (χ3v) is 6.22. The quantitative estimate of drug-likeness (QED) is 0.593. The topological polar surface area (TPSA) is 55.8 Å². The predicted octanol–water partition coefficient (Wildman–Crippen LogP) is 4.41. The standard InChI is InChI=1S/C22H23NO4S/c1-17-7-9-18(10-8-17)16-23(19-5-4-6-21(15-19)27-3)28(24,25)22-13-11-20(26-2)12-14-22/h4-15H,16H2,1-3H3. The first-order chi connectivity index (χ1) is 13.4. The predicted molar refractivity (Wildman–Crippen MR) is 111 cm³/mol. The van der Waals surface area contributed by atoms with Crippen LogP contribution in [0.15, 0.2) is 77.7 Å². The van der Waals surface area contributed by atoms with Crippen LogP contribution in [0.4, 0.5) is 5.69 Å². The number of sulfonamides is 1. The fourth-order valence-corrected chi connectivity index (χ4v) is 4.26. The van der Waals surface area contributed by atoms with Crippen molar-refractivity contribution in [2.24, 2.45) is 0 Å². The van der Waals surface area contributed by atoms with Crippen molar-refractivity contribution in [2.75, 3.05) is 18.5 Å². The zero-order chi connectivity index (χ0) is 20.1. The molecule has 3 aromatic rings. The highest BCUT2D eigenvalue weighted by Crippen LogP contribution is 2.29. The van der Waals surface area contributed by atoms with Crippen LogP contribution in [0.25, 0.3) is 0 Å². The molecule has 0 bridgehead atoms. The lowest BCUT2D eigenvalue weighted by molar-refractivity contribution is 0.414. The van der Waals surface area contributed by atoms with Crippen LogP contribution in [0.3, 0.4) is 0 Å². The van der Waals surface area contributed by atoms with E-state index in [9.17, 15) is 8.42 Å². The summed E-state index contributed by atoms with van der Waals surface area (Å²) in [5.74, 6) is 1.20. The van der Waals surface area contributed by atoms with Crippen LogP contribution >= 0.6 is 0 Å². The smallest absolute Gasteiger partial charge is 0.264 e. The van der Waals surface area contributed by atoms with E-state index in [2.05, 4.69) is 0 Å². The summed E-state index contributed by atoms with van der Waals surface area (Å²) in [4.78, 5) is 0.197. The van der Waals surface area contributed by atoms with Gasteiger partial charge in [0.25, 0.3) is 10.0 Å². The molecule has 0 saturated heterocycles. The van der Waals surface area contributed by atoms with Crippen LogP contribution in [0, 0.1) is 6.92 Å². The van der Waals surface area contributed by atoms with Gasteiger partial charge in [0.2, 0.25) is 0 Å². The van der Waals surface area contributed by atoms with Crippen molar-refractivity contribution in [1.82, 2.24) is 0 Å². The normalized spacial score (nSPS) is 11.1. The van der Waals surface area contributed by atoms with Crippen molar-refractivity contribution in [3.05, 3.63) is 83.9 Å². The van der Waals surface area contributed by atoms with E-state index >= 15 is 0 Å². The molecule has 0 amide bonds. The number of benzene rings is 3. The Morgan fingerprint density at radius 1 is 0.821 bits per heavy atom. The second-order valence-electron chi connectivity index (χ2n) is 6.37. The molecular formula is C22H23NO4S. The molecule has 0 saturated carbocycles. The highest BCUT2D eigenvalue weighted by atomic mass is 32.2.